The molecule has 8 heteroatoms. The van der Waals surface area contributed by atoms with Crippen molar-refractivity contribution < 1.29 is 24.3 Å². The molecular formula is C26H15NO7. The lowest BCUT2D eigenvalue weighted by Crippen LogP contribution is -2.03. The number of phenolic OH excluding ortho intramolecular Hbond substituents is 1. The van der Waals surface area contributed by atoms with E-state index in [9.17, 15) is 29.9 Å². The summed E-state index contributed by atoms with van der Waals surface area (Å²) in [7, 11) is 0. The molecule has 0 unspecified atom stereocenters. The number of fused-ring (bicyclic) bond motifs is 2. The molecule has 0 radical (unpaired) electrons. The van der Waals surface area contributed by atoms with Gasteiger partial charge in [0, 0.05) is 34.7 Å². The molecule has 5 rings (SSSR count). The van der Waals surface area contributed by atoms with Crippen LogP contribution in [0.2, 0.25) is 0 Å². The SMILES string of the molecule is O=C(O)c1ccccc1-c1c2ccc(=O)cc-2oc2c(-c3ccc([N+](=O)[O-])cc3)c(O)ccc12. The first-order valence-corrected chi connectivity index (χ1v) is 10.1. The fourth-order valence-electron chi connectivity index (χ4n) is 4.13. The minimum Gasteiger partial charge on any atom is -0.507 e. The third-order valence-electron chi connectivity index (χ3n) is 5.63. The first-order valence-electron chi connectivity index (χ1n) is 10.1. The average molecular weight is 453 g/mol. The van der Waals surface area contributed by atoms with E-state index in [0.29, 0.717) is 27.6 Å². The van der Waals surface area contributed by atoms with E-state index in [0.717, 1.165) is 0 Å². The molecule has 0 aromatic heterocycles. The van der Waals surface area contributed by atoms with Crippen molar-refractivity contribution in [2.24, 2.45) is 0 Å². The Hall–Kier alpha value is -4.98. The van der Waals surface area contributed by atoms with Gasteiger partial charge >= 0.3 is 5.97 Å². The topological polar surface area (TPSA) is 131 Å². The van der Waals surface area contributed by atoms with Crippen molar-refractivity contribution in [3.63, 3.8) is 0 Å². The van der Waals surface area contributed by atoms with Crippen LogP contribution in [0.1, 0.15) is 10.4 Å². The van der Waals surface area contributed by atoms with Gasteiger partial charge < -0.3 is 14.6 Å². The van der Waals surface area contributed by atoms with Crippen molar-refractivity contribution in [3.05, 3.63) is 105 Å². The summed E-state index contributed by atoms with van der Waals surface area (Å²) in [6, 6.07) is 19.4. The van der Waals surface area contributed by atoms with Crippen LogP contribution in [0.4, 0.5) is 5.69 Å². The molecule has 0 saturated heterocycles. The van der Waals surface area contributed by atoms with Gasteiger partial charge in [0.1, 0.15) is 17.1 Å². The Morgan fingerprint density at radius 1 is 0.882 bits per heavy atom. The normalized spacial score (nSPS) is 11.1. The predicted octanol–water partition coefficient (Wildman–Crippen LogP) is 5.54. The van der Waals surface area contributed by atoms with Crippen molar-refractivity contribution in [3.8, 4) is 39.3 Å². The number of rotatable bonds is 4. The van der Waals surface area contributed by atoms with E-state index in [1.165, 1.54) is 48.5 Å². The van der Waals surface area contributed by atoms with Crippen molar-refractivity contribution in [2.45, 2.75) is 0 Å². The van der Waals surface area contributed by atoms with Crippen LogP contribution >= 0.6 is 0 Å². The molecule has 0 fully saturated rings. The van der Waals surface area contributed by atoms with E-state index in [-0.39, 0.29) is 39.3 Å². The monoisotopic (exact) mass is 453 g/mol. The highest BCUT2D eigenvalue weighted by Gasteiger charge is 2.24. The summed E-state index contributed by atoms with van der Waals surface area (Å²) in [5.41, 5.74) is 2.04. The number of aromatic hydroxyl groups is 1. The van der Waals surface area contributed by atoms with E-state index < -0.39 is 10.9 Å². The van der Waals surface area contributed by atoms with Crippen LogP contribution in [-0.4, -0.2) is 21.1 Å². The van der Waals surface area contributed by atoms with E-state index in [1.807, 2.05) is 0 Å². The Balaban J connectivity index is 1.93. The fourth-order valence-corrected chi connectivity index (χ4v) is 4.13. The summed E-state index contributed by atoms with van der Waals surface area (Å²) in [4.78, 5) is 34.6. The van der Waals surface area contributed by atoms with Crippen LogP contribution in [0.15, 0.2) is 88.1 Å². The maximum absolute atomic E-state index is 12.1. The molecule has 3 aromatic rings. The first kappa shape index (κ1) is 20.9. The number of benzene rings is 4. The van der Waals surface area contributed by atoms with Crippen molar-refractivity contribution in [1.29, 1.82) is 0 Å². The van der Waals surface area contributed by atoms with Gasteiger partial charge in [-0.25, -0.2) is 4.79 Å². The van der Waals surface area contributed by atoms with Crippen LogP contribution in [0.5, 0.6) is 5.75 Å². The molecule has 0 saturated carbocycles. The number of phenols is 1. The smallest absolute Gasteiger partial charge is 0.336 e. The Labute approximate surface area is 191 Å². The van der Waals surface area contributed by atoms with Gasteiger partial charge in [0.2, 0.25) is 0 Å². The predicted molar refractivity (Wildman–Crippen MR) is 125 cm³/mol. The second-order valence-electron chi connectivity index (χ2n) is 7.63. The summed E-state index contributed by atoms with van der Waals surface area (Å²) in [6.07, 6.45) is 0. The second kappa shape index (κ2) is 7.86. The minimum atomic E-state index is -1.12. The third kappa shape index (κ3) is 3.34. The molecule has 2 N–H and O–H groups in total. The Bertz CT molecular complexity index is 1630. The molecule has 1 aliphatic carbocycles. The molecule has 0 atom stereocenters. The van der Waals surface area contributed by atoms with Crippen LogP contribution in [0.3, 0.4) is 0 Å². The molecule has 0 bridgehead atoms. The number of non-ortho nitro benzene ring substituents is 1. The highest BCUT2D eigenvalue weighted by atomic mass is 16.6. The number of hydrogen-bond donors (Lipinski definition) is 2. The van der Waals surface area contributed by atoms with Gasteiger partial charge in [0.05, 0.1) is 16.1 Å². The van der Waals surface area contributed by atoms with Gasteiger partial charge in [-0.1, -0.05) is 18.2 Å². The number of nitro groups is 1. The Morgan fingerprint density at radius 2 is 1.62 bits per heavy atom. The minimum absolute atomic E-state index is 0.0625. The zero-order valence-corrected chi connectivity index (χ0v) is 17.4. The summed E-state index contributed by atoms with van der Waals surface area (Å²) >= 11 is 0. The third-order valence-corrected chi connectivity index (χ3v) is 5.63. The van der Waals surface area contributed by atoms with E-state index >= 15 is 0 Å². The van der Waals surface area contributed by atoms with Crippen LogP contribution in [-0.2, 0) is 0 Å². The van der Waals surface area contributed by atoms with Gasteiger partial charge in [0.25, 0.3) is 5.69 Å². The number of carbonyl (C=O) groups is 1. The Morgan fingerprint density at radius 3 is 2.32 bits per heavy atom. The lowest BCUT2D eigenvalue weighted by Gasteiger charge is -2.18. The summed E-state index contributed by atoms with van der Waals surface area (Å²) in [5, 5.41) is 32.1. The van der Waals surface area contributed by atoms with Crippen LogP contribution < -0.4 is 5.43 Å². The lowest BCUT2D eigenvalue weighted by atomic mass is 9.89. The van der Waals surface area contributed by atoms with Gasteiger partial charge in [-0.15, -0.1) is 0 Å². The second-order valence-corrected chi connectivity index (χ2v) is 7.63. The average Bonchev–Trinajstić information content (AvgIpc) is 2.82. The molecule has 8 nitrogen and oxygen atoms in total. The van der Waals surface area contributed by atoms with Crippen molar-refractivity contribution >= 4 is 22.6 Å². The van der Waals surface area contributed by atoms with E-state index in [4.69, 9.17) is 4.42 Å². The number of aromatic carboxylic acids is 1. The summed E-state index contributed by atoms with van der Waals surface area (Å²) in [6.45, 7) is 0. The van der Waals surface area contributed by atoms with Gasteiger partial charge in [-0.05, 0) is 53.6 Å². The van der Waals surface area contributed by atoms with E-state index in [1.54, 1.807) is 30.3 Å². The fraction of sp³-hybridized carbons (Fsp3) is 0. The van der Waals surface area contributed by atoms with E-state index in [2.05, 4.69) is 0 Å². The molecule has 3 aromatic carbocycles. The lowest BCUT2D eigenvalue weighted by molar-refractivity contribution is -0.384. The van der Waals surface area contributed by atoms with Gasteiger partial charge in [0.15, 0.2) is 5.43 Å². The van der Waals surface area contributed by atoms with Gasteiger partial charge in [-0.3, -0.25) is 14.9 Å². The zero-order valence-electron chi connectivity index (χ0n) is 17.4. The quantitative estimate of drug-likeness (QED) is 0.207. The number of nitrogens with zero attached hydrogens (tertiary/aromatic N) is 1. The summed E-state index contributed by atoms with van der Waals surface area (Å²) in [5.74, 6) is -1.04. The standard InChI is InChI=1S/C26H15NO7/c28-16-9-10-19-22(13-16)34-25-20(24(19)17-3-1-2-4-18(17)26(30)31)11-12-21(29)23(25)14-5-7-15(8-6-14)27(32)33/h1-13,29H,(H,30,31). The van der Waals surface area contributed by atoms with Crippen LogP contribution in [0, 0.1) is 10.1 Å². The highest BCUT2D eigenvalue weighted by molar-refractivity contribution is 6.11. The van der Waals surface area contributed by atoms with Gasteiger partial charge in [-0.2, -0.15) is 0 Å². The van der Waals surface area contributed by atoms with Crippen molar-refractivity contribution in [2.75, 3.05) is 0 Å². The number of carboxylic acid groups (broad SMARTS) is 1. The largest absolute Gasteiger partial charge is 0.507 e. The molecule has 0 amide bonds. The molecule has 1 heterocycles. The summed E-state index contributed by atoms with van der Waals surface area (Å²) < 4.78 is 6.09. The number of nitro benzene ring substituents is 1. The first-order chi connectivity index (χ1) is 16.3. The molecule has 2 aliphatic rings. The van der Waals surface area contributed by atoms with Crippen LogP contribution in [0.25, 0.3) is 44.5 Å². The maximum Gasteiger partial charge on any atom is 0.336 e. The maximum atomic E-state index is 12.1. The molecular weight excluding hydrogens is 438 g/mol. The zero-order chi connectivity index (χ0) is 24.0. The molecule has 34 heavy (non-hydrogen) atoms. The molecule has 1 aliphatic heterocycles. The Kier molecular flexibility index (Phi) is 4.83. The van der Waals surface area contributed by atoms with Crippen molar-refractivity contribution in [1.82, 2.24) is 0 Å². The highest BCUT2D eigenvalue weighted by Crippen LogP contribution is 2.46. The number of carboxylic acids is 1. The molecule has 0 spiro atoms. The number of hydrogen-bond acceptors (Lipinski definition) is 6. The molecule has 166 valence electrons.